The van der Waals surface area contributed by atoms with Crippen molar-refractivity contribution in [3.8, 4) is 6.07 Å². The molecular formula is C19H19N5O. The molecule has 1 amide bonds. The normalized spacial score (nSPS) is 10.4. The number of rotatable bonds is 5. The van der Waals surface area contributed by atoms with E-state index in [1.807, 2.05) is 19.1 Å². The van der Waals surface area contributed by atoms with E-state index in [0.29, 0.717) is 29.9 Å². The second kappa shape index (κ2) is 7.05. The number of benzene rings is 1. The van der Waals surface area contributed by atoms with Crippen LogP contribution in [-0.2, 0) is 6.42 Å². The quantitative estimate of drug-likeness (QED) is 0.669. The first kappa shape index (κ1) is 16.5. The number of carbonyl (C=O) groups excluding carboxylic acids is 1. The summed E-state index contributed by atoms with van der Waals surface area (Å²) in [6.07, 6.45) is 2.30. The van der Waals surface area contributed by atoms with Crippen molar-refractivity contribution in [2.75, 3.05) is 18.9 Å². The minimum Gasteiger partial charge on any atom is -0.373 e. The molecule has 0 aliphatic rings. The van der Waals surface area contributed by atoms with Gasteiger partial charge in [0.1, 0.15) is 5.82 Å². The van der Waals surface area contributed by atoms with Gasteiger partial charge in [-0.25, -0.2) is 4.98 Å². The number of pyridine rings is 1. The van der Waals surface area contributed by atoms with Gasteiger partial charge in [0.2, 0.25) is 0 Å². The molecule has 2 heterocycles. The van der Waals surface area contributed by atoms with Gasteiger partial charge in [-0.05, 0) is 49.2 Å². The number of aromatic amines is 1. The molecule has 126 valence electrons. The number of carbonyl (C=O) groups is 1. The molecule has 0 unspecified atom stereocenters. The highest BCUT2D eigenvalue weighted by Gasteiger charge is 2.11. The summed E-state index contributed by atoms with van der Waals surface area (Å²) in [4.78, 5) is 19.7. The fourth-order valence-electron chi connectivity index (χ4n) is 2.89. The molecule has 0 saturated carbocycles. The maximum Gasteiger partial charge on any atom is 0.251 e. The number of nitrogens with zero attached hydrogens (tertiary/aromatic N) is 2. The lowest BCUT2D eigenvalue weighted by Crippen LogP contribution is -2.25. The Hall–Kier alpha value is -3.33. The Morgan fingerprint density at radius 3 is 2.92 bits per heavy atom. The predicted molar refractivity (Wildman–Crippen MR) is 97.6 cm³/mol. The maximum atomic E-state index is 12.3. The molecule has 0 bridgehead atoms. The number of fused-ring (bicyclic) bond motifs is 1. The lowest BCUT2D eigenvalue weighted by molar-refractivity contribution is 0.0954. The van der Waals surface area contributed by atoms with E-state index in [1.165, 1.54) is 0 Å². The molecule has 3 aromatic rings. The monoisotopic (exact) mass is 333 g/mol. The third-order valence-corrected chi connectivity index (χ3v) is 4.19. The average molecular weight is 333 g/mol. The van der Waals surface area contributed by atoms with Crippen molar-refractivity contribution >= 4 is 22.6 Å². The van der Waals surface area contributed by atoms with E-state index in [4.69, 9.17) is 5.26 Å². The molecule has 6 heteroatoms. The topological polar surface area (TPSA) is 93.6 Å². The van der Waals surface area contributed by atoms with Gasteiger partial charge in [0, 0.05) is 41.9 Å². The van der Waals surface area contributed by atoms with E-state index in [-0.39, 0.29) is 5.91 Å². The zero-order chi connectivity index (χ0) is 17.8. The second-order valence-corrected chi connectivity index (χ2v) is 5.79. The van der Waals surface area contributed by atoms with Gasteiger partial charge in [-0.15, -0.1) is 0 Å². The van der Waals surface area contributed by atoms with Crippen LogP contribution in [0.5, 0.6) is 0 Å². The van der Waals surface area contributed by atoms with Gasteiger partial charge in [-0.3, -0.25) is 4.79 Å². The number of aryl methyl sites for hydroxylation is 1. The van der Waals surface area contributed by atoms with Gasteiger partial charge in [0.05, 0.1) is 11.6 Å². The van der Waals surface area contributed by atoms with Crippen LogP contribution in [0.4, 0.5) is 5.82 Å². The molecule has 25 heavy (non-hydrogen) atoms. The highest BCUT2D eigenvalue weighted by atomic mass is 16.1. The van der Waals surface area contributed by atoms with Crippen molar-refractivity contribution in [2.45, 2.75) is 13.3 Å². The summed E-state index contributed by atoms with van der Waals surface area (Å²) < 4.78 is 0. The Balaban J connectivity index is 1.71. The van der Waals surface area contributed by atoms with E-state index in [9.17, 15) is 4.79 Å². The van der Waals surface area contributed by atoms with Gasteiger partial charge >= 0.3 is 0 Å². The average Bonchev–Trinajstić information content (AvgIpc) is 2.96. The summed E-state index contributed by atoms with van der Waals surface area (Å²) in [5.74, 6) is 0.526. The molecule has 3 N–H and O–H groups in total. The fraction of sp³-hybridized carbons (Fsp3) is 0.211. The van der Waals surface area contributed by atoms with Gasteiger partial charge < -0.3 is 15.6 Å². The summed E-state index contributed by atoms with van der Waals surface area (Å²) in [7, 11) is 1.76. The third-order valence-electron chi connectivity index (χ3n) is 4.19. The van der Waals surface area contributed by atoms with Crippen molar-refractivity contribution in [2.24, 2.45) is 0 Å². The maximum absolute atomic E-state index is 12.3. The van der Waals surface area contributed by atoms with Gasteiger partial charge in [0.15, 0.2) is 0 Å². The van der Waals surface area contributed by atoms with Crippen molar-refractivity contribution in [1.29, 1.82) is 5.26 Å². The zero-order valence-electron chi connectivity index (χ0n) is 14.2. The number of amides is 1. The molecule has 3 rings (SSSR count). The molecule has 0 saturated heterocycles. The van der Waals surface area contributed by atoms with Crippen molar-refractivity contribution in [3.63, 3.8) is 0 Å². The number of hydrogen-bond donors (Lipinski definition) is 3. The standard InChI is InChI=1S/C19H19N5O/c1-12-15(16-9-13(11-20)3-4-17(16)24-12)6-8-23-19(25)14-5-7-22-18(10-14)21-2/h3-5,7,9-10,24H,6,8H2,1-2H3,(H,21,22)(H,23,25). The van der Waals surface area contributed by atoms with Crippen LogP contribution in [-0.4, -0.2) is 29.5 Å². The molecule has 0 atom stereocenters. The van der Waals surface area contributed by atoms with Crippen LogP contribution >= 0.6 is 0 Å². The lowest BCUT2D eigenvalue weighted by Gasteiger charge is -2.07. The predicted octanol–water partition coefficient (Wildman–Crippen LogP) is 2.76. The minimum absolute atomic E-state index is 0.130. The van der Waals surface area contributed by atoms with Crippen molar-refractivity contribution in [1.82, 2.24) is 15.3 Å². The van der Waals surface area contributed by atoms with Crippen molar-refractivity contribution in [3.05, 3.63) is 58.9 Å². The van der Waals surface area contributed by atoms with E-state index in [0.717, 1.165) is 22.2 Å². The fourth-order valence-corrected chi connectivity index (χ4v) is 2.89. The molecule has 0 fully saturated rings. The number of H-pyrrole nitrogens is 1. The molecule has 1 aromatic carbocycles. The van der Waals surface area contributed by atoms with Crippen LogP contribution < -0.4 is 10.6 Å². The summed E-state index contributed by atoms with van der Waals surface area (Å²) >= 11 is 0. The smallest absolute Gasteiger partial charge is 0.251 e. The van der Waals surface area contributed by atoms with Crippen molar-refractivity contribution < 1.29 is 4.79 Å². The first-order chi connectivity index (χ1) is 12.1. The summed E-state index contributed by atoms with van der Waals surface area (Å²) in [6.45, 7) is 2.52. The molecule has 0 radical (unpaired) electrons. The Morgan fingerprint density at radius 2 is 2.16 bits per heavy atom. The zero-order valence-corrected chi connectivity index (χ0v) is 14.2. The largest absolute Gasteiger partial charge is 0.373 e. The SMILES string of the molecule is CNc1cc(C(=O)NCCc2c(C)[nH]c3ccc(C#N)cc23)ccn1. The summed E-state index contributed by atoms with van der Waals surface area (Å²) in [5, 5.41) is 16.0. The van der Waals surface area contributed by atoms with E-state index < -0.39 is 0 Å². The highest BCUT2D eigenvalue weighted by molar-refractivity contribution is 5.94. The van der Waals surface area contributed by atoms with Crippen LogP contribution in [0.1, 0.15) is 27.2 Å². The lowest BCUT2D eigenvalue weighted by atomic mass is 10.1. The number of anilines is 1. The van der Waals surface area contributed by atoms with Crippen LogP contribution in [0.2, 0.25) is 0 Å². The van der Waals surface area contributed by atoms with Gasteiger partial charge in [0.25, 0.3) is 5.91 Å². The Kier molecular flexibility index (Phi) is 4.66. The molecule has 6 nitrogen and oxygen atoms in total. The molecule has 0 spiro atoms. The van der Waals surface area contributed by atoms with E-state index in [2.05, 4.69) is 26.7 Å². The van der Waals surface area contributed by atoms with Gasteiger partial charge in [-0.1, -0.05) is 0 Å². The Bertz CT molecular complexity index is 968. The van der Waals surface area contributed by atoms with Crippen LogP contribution in [0.15, 0.2) is 36.5 Å². The number of nitriles is 1. The summed E-state index contributed by atoms with van der Waals surface area (Å²) in [5.41, 5.74) is 4.39. The Morgan fingerprint density at radius 1 is 1.32 bits per heavy atom. The van der Waals surface area contributed by atoms with Crippen LogP contribution in [0.25, 0.3) is 10.9 Å². The first-order valence-electron chi connectivity index (χ1n) is 8.05. The molecule has 0 aliphatic carbocycles. The first-order valence-corrected chi connectivity index (χ1v) is 8.05. The molecule has 2 aromatic heterocycles. The molecular weight excluding hydrogens is 314 g/mol. The van der Waals surface area contributed by atoms with Gasteiger partial charge in [-0.2, -0.15) is 5.26 Å². The minimum atomic E-state index is -0.130. The molecule has 0 aliphatic heterocycles. The third kappa shape index (κ3) is 3.45. The number of nitrogens with one attached hydrogen (secondary N) is 3. The number of aromatic nitrogens is 2. The van der Waals surface area contributed by atoms with Crippen LogP contribution in [0.3, 0.4) is 0 Å². The Labute approximate surface area is 145 Å². The highest BCUT2D eigenvalue weighted by Crippen LogP contribution is 2.23. The van der Waals surface area contributed by atoms with E-state index >= 15 is 0 Å². The summed E-state index contributed by atoms with van der Waals surface area (Å²) in [6, 6.07) is 11.2. The second-order valence-electron chi connectivity index (χ2n) is 5.79. The van der Waals surface area contributed by atoms with E-state index in [1.54, 1.807) is 31.4 Å². The van der Waals surface area contributed by atoms with Crippen LogP contribution in [0, 0.1) is 18.3 Å². The number of hydrogen-bond acceptors (Lipinski definition) is 4.